The molecule has 1 aromatic rings. The molecule has 0 bridgehead atoms. The Morgan fingerprint density at radius 1 is 1.14 bits per heavy atom. The van der Waals surface area contributed by atoms with Crippen LogP contribution < -0.4 is 10.1 Å². The average molecular weight is 336 g/mol. The van der Waals surface area contributed by atoms with E-state index >= 15 is 0 Å². The van der Waals surface area contributed by atoms with Gasteiger partial charge in [-0.15, -0.1) is 0 Å². The third-order valence-corrected chi connectivity index (χ3v) is 3.43. The summed E-state index contributed by atoms with van der Waals surface area (Å²) in [6.45, 7) is 2.81. The van der Waals surface area contributed by atoms with E-state index in [4.69, 9.17) is 37.8 Å². The van der Waals surface area contributed by atoms with Crippen LogP contribution in [0, 0.1) is 0 Å². The lowest BCUT2D eigenvalue weighted by atomic mass is 10.2. The van der Waals surface area contributed by atoms with Crippen molar-refractivity contribution in [3.63, 3.8) is 0 Å². The van der Waals surface area contributed by atoms with E-state index in [2.05, 4.69) is 5.32 Å². The molecule has 0 amide bonds. The zero-order valence-corrected chi connectivity index (χ0v) is 13.8. The molecule has 0 atom stereocenters. The topological polar surface area (TPSA) is 50.7 Å². The van der Waals surface area contributed by atoms with Gasteiger partial charge in [0, 0.05) is 37.4 Å². The summed E-state index contributed by atoms with van der Waals surface area (Å²) < 4.78 is 10.8. The molecule has 0 spiro atoms. The Balaban J connectivity index is 2.57. The van der Waals surface area contributed by atoms with E-state index < -0.39 is 0 Å². The smallest absolute Gasteiger partial charge is 0.142 e. The predicted octanol–water partition coefficient (Wildman–Crippen LogP) is 3.27. The number of ether oxygens (including phenoxy) is 2. The van der Waals surface area contributed by atoms with Crippen molar-refractivity contribution < 1.29 is 14.6 Å². The summed E-state index contributed by atoms with van der Waals surface area (Å²) in [6.07, 6.45) is 2.61. The number of aliphatic hydroxyl groups excluding tert-OH is 1. The second-order valence-corrected chi connectivity index (χ2v) is 5.52. The van der Waals surface area contributed by atoms with E-state index in [-0.39, 0.29) is 6.61 Å². The number of halogens is 2. The van der Waals surface area contributed by atoms with Crippen LogP contribution >= 0.6 is 23.2 Å². The van der Waals surface area contributed by atoms with Gasteiger partial charge in [0.25, 0.3) is 0 Å². The fourth-order valence-corrected chi connectivity index (χ4v) is 2.46. The molecule has 0 fully saturated rings. The van der Waals surface area contributed by atoms with Crippen molar-refractivity contribution in [3.05, 3.63) is 27.7 Å². The molecule has 0 aromatic heterocycles. The Morgan fingerprint density at radius 2 is 1.95 bits per heavy atom. The van der Waals surface area contributed by atoms with Crippen LogP contribution in [0.4, 0.5) is 0 Å². The molecule has 0 saturated heterocycles. The first-order chi connectivity index (χ1) is 10.2. The van der Waals surface area contributed by atoms with Crippen LogP contribution in [-0.2, 0) is 11.3 Å². The highest BCUT2D eigenvalue weighted by Crippen LogP contribution is 2.32. The maximum absolute atomic E-state index is 8.75. The van der Waals surface area contributed by atoms with Gasteiger partial charge >= 0.3 is 0 Å². The van der Waals surface area contributed by atoms with E-state index in [0.717, 1.165) is 31.4 Å². The largest absolute Gasteiger partial charge is 0.492 e. The summed E-state index contributed by atoms with van der Waals surface area (Å²) in [5.74, 6) is 0.676. The van der Waals surface area contributed by atoms with Crippen LogP contribution in [0.5, 0.6) is 5.75 Å². The van der Waals surface area contributed by atoms with Crippen LogP contribution in [0.1, 0.15) is 24.8 Å². The van der Waals surface area contributed by atoms with Crippen LogP contribution in [0.15, 0.2) is 12.1 Å². The number of unbranched alkanes of at least 4 members (excludes halogenated alkanes) is 2. The molecule has 21 heavy (non-hydrogen) atoms. The fraction of sp³-hybridized carbons (Fsp3) is 0.600. The number of aliphatic hydroxyl groups is 1. The predicted molar refractivity (Wildman–Crippen MR) is 86.5 cm³/mol. The zero-order valence-electron chi connectivity index (χ0n) is 12.3. The van der Waals surface area contributed by atoms with Gasteiger partial charge < -0.3 is 19.9 Å². The van der Waals surface area contributed by atoms with Gasteiger partial charge in [0.1, 0.15) is 5.75 Å². The monoisotopic (exact) mass is 335 g/mol. The Morgan fingerprint density at radius 3 is 2.67 bits per heavy atom. The highest BCUT2D eigenvalue weighted by Gasteiger charge is 2.10. The van der Waals surface area contributed by atoms with Gasteiger partial charge in [0.15, 0.2) is 0 Å². The summed E-state index contributed by atoms with van der Waals surface area (Å²) in [4.78, 5) is 0. The maximum Gasteiger partial charge on any atom is 0.142 e. The zero-order chi connectivity index (χ0) is 15.5. The van der Waals surface area contributed by atoms with Crippen LogP contribution in [0.3, 0.4) is 0 Å². The molecule has 0 saturated carbocycles. The van der Waals surface area contributed by atoms with Gasteiger partial charge in [-0.2, -0.15) is 0 Å². The average Bonchev–Trinajstić information content (AvgIpc) is 2.45. The highest BCUT2D eigenvalue weighted by molar-refractivity contribution is 6.35. The van der Waals surface area contributed by atoms with E-state index in [1.165, 1.54) is 0 Å². The summed E-state index contributed by atoms with van der Waals surface area (Å²) in [7, 11) is 1.67. The SMILES string of the molecule is COCCNCc1cc(Cl)cc(Cl)c1OCCCCCO. The minimum Gasteiger partial charge on any atom is -0.492 e. The van der Waals surface area contributed by atoms with E-state index in [1.807, 2.05) is 6.07 Å². The highest BCUT2D eigenvalue weighted by atomic mass is 35.5. The number of rotatable bonds is 11. The summed E-state index contributed by atoms with van der Waals surface area (Å²) in [5.41, 5.74) is 0.936. The first kappa shape index (κ1) is 18.5. The molecule has 1 rings (SSSR count). The summed E-state index contributed by atoms with van der Waals surface area (Å²) in [5, 5.41) is 13.1. The van der Waals surface area contributed by atoms with Crippen molar-refractivity contribution >= 4 is 23.2 Å². The van der Waals surface area contributed by atoms with Crippen molar-refractivity contribution in [3.8, 4) is 5.75 Å². The van der Waals surface area contributed by atoms with Gasteiger partial charge in [-0.05, 0) is 31.4 Å². The molecular weight excluding hydrogens is 313 g/mol. The normalized spacial score (nSPS) is 10.9. The van der Waals surface area contributed by atoms with Gasteiger partial charge in [0.2, 0.25) is 0 Å². The van der Waals surface area contributed by atoms with Gasteiger partial charge in [-0.3, -0.25) is 0 Å². The van der Waals surface area contributed by atoms with Gasteiger partial charge in [-0.1, -0.05) is 23.2 Å². The number of nitrogens with one attached hydrogen (secondary N) is 1. The lowest BCUT2D eigenvalue weighted by Gasteiger charge is -2.14. The van der Waals surface area contributed by atoms with Crippen LogP contribution in [0.2, 0.25) is 10.0 Å². The minimum absolute atomic E-state index is 0.219. The van der Waals surface area contributed by atoms with Crippen molar-refractivity contribution in [2.45, 2.75) is 25.8 Å². The Labute approximate surface area is 136 Å². The lowest BCUT2D eigenvalue weighted by Crippen LogP contribution is -2.19. The molecule has 0 heterocycles. The molecule has 2 N–H and O–H groups in total. The number of benzene rings is 1. The Bertz CT molecular complexity index is 416. The number of hydrogen-bond acceptors (Lipinski definition) is 4. The number of hydrogen-bond donors (Lipinski definition) is 2. The van der Waals surface area contributed by atoms with Crippen LogP contribution in [-0.4, -0.2) is 38.6 Å². The van der Waals surface area contributed by atoms with Crippen molar-refractivity contribution in [1.82, 2.24) is 5.32 Å². The Hall–Kier alpha value is -0.520. The summed E-state index contributed by atoms with van der Waals surface area (Å²) in [6, 6.07) is 3.54. The third-order valence-electron chi connectivity index (χ3n) is 2.93. The quantitative estimate of drug-likeness (QED) is 0.609. The fourth-order valence-electron chi connectivity index (χ4n) is 1.87. The molecule has 4 nitrogen and oxygen atoms in total. The second kappa shape index (κ2) is 11.1. The number of methoxy groups -OCH3 is 1. The molecular formula is C15H23Cl2NO3. The van der Waals surface area contributed by atoms with E-state index in [1.54, 1.807) is 13.2 Å². The molecule has 0 aliphatic heterocycles. The van der Waals surface area contributed by atoms with Crippen molar-refractivity contribution in [1.29, 1.82) is 0 Å². The molecule has 6 heteroatoms. The molecule has 120 valence electrons. The third kappa shape index (κ3) is 7.34. The molecule has 0 aliphatic rings. The maximum atomic E-state index is 8.75. The lowest BCUT2D eigenvalue weighted by molar-refractivity contribution is 0.199. The minimum atomic E-state index is 0.219. The first-order valence-electron chi connectivity index (χ1n) is 7.10. The second-order valence-electron chi connectivity index (χ2n) is 4.68. The van der Waals surface area contributed by atoms with Crippen LogP contribution in [0.25, 0.3) is 0 Å². The first-order valence-corrected chi connectivity index (χ1v) is 7.86. The Kier molecular flexibility index (Phi) is 9.79. The van der Waals surface area contributed by atoms with Gasteiger partial charge in [0.05, 0.1) is 18.2 Å². The van der Waals surface area contributed by atoms with Crippen molar-refractivity contribution in [2.24, 2.45) is 0 Å². The molecule has 1 aromatic carbocycles. The van der Waals surface area contributed by atoms with Crippen molar-refractivity contribution in [2.75, 3.05) is 33.5 Å². The standard InChI is InChI=1S/C15H23Cl2NO3/c1-20-8-5-18-11-12-9-13(16)10-14(17)15(12)21-7-4-2-3-6-19/h9-10,18-19H,2-8,11H2,1H3. The van der Waals surface area contributed by atoms with E-state index in [0.29, 0.717) is 35.6 Å². The summed E-state index contributed by atoms with van der Waals surface area (Å²) >= 11 is 12.3. The molecule has 0 unspecified atom stereocenters. The molecule has 0 aliphatic carbocycles. The van der Waals surface area contributed by atoms with E-state index in [9.17, 15) is 0 Å². The van der Waals surface area contributed by atoms with Gasteiger partial charge in [-0.25, -0.2) is 0 Å². The molecule has 0 radical (unpaired) electrons.